The average molecular weight is 221 g/mol. The summed E-state index contributed by atoms with van der Waals surface area (Å²) in [5.74, 6) is -1.73. The summed E-state index contributed by atoms with van der Waals surface area (Å²) < 4.78 is 47.6. The van der Waals surface area contributed by atoms with Gasteiger partial charge in [-0.1, -0.05) is 0 Å². The third kappa shape index (κ3) is 3.96. The molecule has 0 fully saturated rings. The van der Waals surface area contributed by atoms with E-state index in [0.29, 0.717) is 0 Å². The summed E-state index contributed by atoms with van der Waals surface area (Å²) in [6.45, 7) is -5.06. The van der Waals surface area contributed by atoms with Gasteiger partial charge in [0.15, 0.2) is 0 Å². The first-order valence-corrected chi connectivity index (χ1v) is 3.99. The second kappa shape index (κ2) is 4.29. The lowest BCUT2D eigenvalue weighted by Crippen LogP contribution is -2.37. The predicted molar refractivity (Wildman–Crippen MR) is 45.6 cm³/mol. The van der Waals surface area contributed by atoms with Gasteiger partial charge in [0.1, 0.15) is 0 Å². The molecule has 1 N–H and O–H groups in total. The van der Waals surface area contributed by atoms with Gasteiger partial charge in [0, 0.05) is 6.20 Å². The molecule has 1 heterocycles. The summed E-state index contributed by atoms with van der Waals surface area (Å²) in [5.41, 5.74) is -0.114. The Labute approximate surface area is 82.6 Å². The Morgan fingerprint density at radius 1 is 1.40 bits per heavy atom. The fourth-order valence-electron chi connectivity index (χ4n) is 0.821. The number of hydrogen-bond donors (Lipinski definition) is 1. The fourth-order valence-corrected chi connectivity index (χ4v) is 0.821. The number of rotatable bonds is 3. The molecule has 1 rings (SSSR count). The summed E-state index contributed by atoms with van der Waals surface area (Å²) in [6, 6.07) is 1.95. The highest BCUT2D eigenvalue weighted by molar-refractivity contribution is 6.58. The van der Waals surface area contributed by atoms with Crippen LogP contribution in [0.1, 0.15) is 10.4 Å². The molecule has 0 aliphatic rings. The van der Waals surface area contributed by atoms with E-state index in [9.17, 15) is 22.1 Å². The van der Waals surface area contributed by atoms with Gasteiger partial charge in [0.2, 0.25) is 11.9 Å². The van der Waals surface area contributed by atoms with Crippen molar-refractivity contribution in [3.8, 4) is 0 Å². The van der Waals surface area contributed by atoms with Crippen molar-refractivity contribution < 1.29 is 22.1 Å². The molecule has 0 radical (unpaired) electrons. The second-order valence-electron chi connectivity index (χ2n) is 2.79. The van der Waals surface area contributed by atoms with E-state index in [1.807, 2.05) is 0 Å². The first-order chi connectivity index (χ1) is 6.88. The highest BCUT2D eigenvalue weighted by Crippen LogP contribution is 2.06. The van der Waals surface area contributed by atoms with Gasteiger partial charge in [-0.05, 0) is 18.6 Å². The minimum atomic E-state index is -5.06. The molecule has 0 spiro atoms. The van der Waals surface area contributed by atoms with Crippen molar-refractivity contribution in [2.75, 3.05) is 6.44 Å². The molecule has 15 heavy (non-hydrogen) atoms. The third-order valence-electron chi connectivity index (χ3n) is 1.48. The van der Waals surface area contributed by atoms with Crippen molar-refractivity contribution in [3.63, 3.8) is 0 Å². The van der Waals surface area contributed by atoms with E-state index in [4.69, 9.17) is 0 Å². The Bertz CT molecular complexity index is 351. The minimum Gasteiger partial charge on any atom is -0.448 e. The average Bonchev–Trinajstić information content (AvgIpc) is 2.14. The molecule has 0 bridgehead atoms. The largest absolute Gasteiger partial charge is 0.497 e. The summed E-state index contributed by atoms with van der Waals surface area (Å²) in [4.78, 5) is 14.2. The smallest absolute Gasteiger partial charge is 0.448 e. The zero-order chi connectivity index (χ0) is 11.5. The fraction of sp³-hybridized carbons (Fsp3) is 0.143. The quantitative estimate of drug-likeness (QED) is 0.475. The highest BCUT2D eigenvalue weighted by Gasteiger charge is 2.23. The molecule has 1 aromatic rings. The van der Waals surface area contributed by atoms with E-state index in [1.54, 1.807) is 5.32 Å². The molecule has 0 unspecified atom stereocenters. The number of pyridine rings is 1. The molecule has 0 aromatic carbocycles. The summed E-state index contributed by atoms with van der Waals surface area (Å²) >= 11 is 0. The number of carbonyl (C=O) groups excluding carboxylic acids is 1. The zero-order valence-electron chi connectivity index (χ0n) is 7.38. The summed E-state index contributed by atoms with van der Waals surface area (Å²) in [7, 11) is 0. The summed E-state index contributed by atoms with van der Waals surface area (Å²) in [6.07, 6.45) is -0.496. The molecule has 0 saturated heterocycles. The molecule has 0 atom stereocenters. The van der Waals surface area contributed by atoms with Gasteiger partial charge in [0.05, 0.1) is 5.56 Å². The first-order valence-electron chi connectivity index (χ1n) is 3.99. The molecule has 0 aliphatic heterocycles. The highest BCUT2D eigenvalue weighted by atomic mass is 19.4. The van der Waals surface area contributed by atoms with Gasteiger partial charge in [-0.3, -0.25) is 4.79 Å². The van der Waals surface area contributed by atoms with E-state index in [1.165, 1.54) is 0 Å². The lowest BCUT2D eigenvalue weighted by atomic mass is 9.92. The van der Waals surface area contributed by atoms with E-state index < -0.39 is 25.3 Å². The lowest BCUT2D eigenvalue weighted by Gasteiger charge is -2.14. The maximum absolute atomic E-state index is 12.3. The van der Waals surface area contributed by atoms with Crippen LogP contribution >= 0.6 is 0 Å². The summed E-state index contributed by atoms with van der Waals surface area (Å²) in [5, 5.41) is 1.66. The molecular formula is C7H6BF4N2O-. The maximum Gasteiger partial charge on any atom is 0.497 e. The first kappa shape index (κ1) is 11.5. The van der Waals surface area contributed by atoms with Crippen LogP contribution in [-0.4, -0.2) is 24.3 Å². The standard InChI is InChI=1S/C7H6BF4N2O/c9-6-2-1-5(3-13-6)7(15)14-4-8(10,11)12/h1-3H,4H2,(H,14,15)/q-1. The molecular weight excluding hydrogens is 215 g/mol. The Balaban J connectivity index is 2.58. The van der Waals surface area contributed by atoms with Crippen LogP contribution in [-0.2, 0) is 0 Å². The predicted octanol–water partition coefficient (Wildman–Crippen LogP) is 1.34. The number of halogens is 4. The number of nitrogens with one attached hydrogen (secondary N) is 1. The normalized spacial score (nSPS) is 11.2. The zero-order valence-corrected chi connectivity index (χ0v) is 7.38. The van der Waals surface area contributed by atoms with Gasteiger partial charge in [-0.2, -0.15) is 4.39 Å². The maximum atomic E-state index is 12.3. The van der Waals surface area contributed by atoms with Crippen molar-refractivity contribution in [1.29, 1.82) is 0 Å². The Morgan fingerprint density at radius 2 is 2.07 bits per heavy atom. The van der Waals surface area contributed by atoms with Crippen LogP contribution in [0.25, 0.3) is 0 Å². The van der Waals surface area contributed by atoms with Crippen LogP contribution in [0, 0.1) is 5.95 Å². The molecule has 1 amide bonds. The minimum absolute atomic E-state index is 0.114. The van der Waals surface area contributed by atoms with Crippen molar-refractivity contribution in [3.05, 3.63) is 29.8 Å². The molecule has 0 saturated carbocycles. The van der Waals surface area contributed by atoms with Crippen molar-refractivity contribution in [1.82, 2.24) is 10.3 Å². The van der Waals surface area contributed by atoms with E-state index in [2.05, 4.69) is 4.98 Å². The van der Waals surface area contributed by atoms with Crippen LogP contribution in [0.3, 0.4) is 0 Å². The molecule has 82 valence electrons. The number of hydrogen-bond acceptors (Lipinski definition) is 2. The Morgan fingerprint density at radius 3 is 2.53 bits per heavy atom. The van der Waals surface area contributed by atoms with Crippen molar-refractivity contribution in [2.24, 2.45) is 0 Å². The van der Waals surface area contributed by atoms with Gasteiger partial charge < -0.3 is 18.3 Å². The van der Waals surface area contributed by atoms with Crippen molar-refractivity contribution in [2.45, 2.75) is 0 Å². The molecule has 3 nitrogen and oxygen atoms in total. The molecule has 8 heteroatoms. The van der Waals surface area contributed by atoms with Gasteiger partial charge >= 0.3 is 6.98 Å². The molecule has 0 aliphatic carbocycles. The van der Waals surface area contributed by atoms with Crippen LogP contribution < -0.4 is 5.32 Å². The van der Waals surface area contributed by atoms with Crippen LogP contribution in [0.5, 0.6) is 0 Å². The topological polar surface area (TPSA) is 42.0 Å². The Kier molecular flexibility index (Phi) is 3.28. The number of aromatic nitrogens is 1. The van der Waals surface area contributed by atoms with Crippen molar-refractivity contribution >= 4 is 12.9 Å². The number of nitrogens with zero attached hydrogens (tertiary/aromatic N) is 1. The van der Waals surface area contributed by atoms with Gasteiger partial charge in [0.25, 0.3) is 0 Å². The second-order valence-corrected chi connectivity index (χ2v) is 2.79. The van der Waals surface area contributed by atoms with Gasteiger partial charge in [-0.15, -0.1) is 0 Å². The van der Waals surface area contributed by atoms with Crippen LogP contribution in [0.2, 0.25) is 0 Å². The van der Waals surface area contributed by atoms with Gasteiger partial charge in [-0.25, -0.2) is 4.98 Å². The number of amides is 1. The lowest BCUT2D eigenvalue weighted by molar-refractivity contribution is 0.0955. The monoisotopic (exact) mass is 221 g/mol. The van der Waals surface area contributed by atoms with E-state index in [-0.39, 0.29) is 5.56 Å². The molecule has 1 aromatic heterocycles. The van der Waals surface area contributed by atoms with Crippen LogP contribution in [0.15, 0.2) is 18.3 Å². The Hall–Kier alpha value is -1.60. The van der Waals surface area contributed by atoms with E-state index in [0.717, 1.165) is 18.3 Å². The van der Waals surface area contributed by atoms with E-state index >= 15 is 0 Å². The SMILES string of the molecule is O=C(NC[B-](F)(F)F)c1ccc(F)nc1. The van der Waals surface area contributed by atoms with Crippen LogP contribution in [0.4, 0.5) is 17.3 Å². The third-order valence-corrected chi connectivity index (χ3v) is 1.48. The number of carbonyl (C=O) groups is 1.